The molecule has 1 rings (SSSR count). The molecule has 0 saturated heterocycles. The Balaban J connectivity index is 2.88. The van der Waals surface area contributed by atoms with Crippen LogP contribution in [-0.4, -0.2) is 51.7 Å². The van der Waals surface area contributed by atoms with Gasteiger partial charge in [0.2, 0.25) is 0 Å². The van der Waals surface area contributed by atoms with Gasteiger partial charge >= 0.3 is 0 Å². The molecule has 0 radical (unpaired) electrons. The molecule has 0 saturated carbocycles. The Bertz CT molecular complexity index is 520. The fourth-order valence-corrected chi connectivity index (χ4v) is 2.07. The van der Waals surface area contributed by atoms with Crippen molar-refractivity contribution in [1.82, 2.24) is 15.5 Å². The lowest BCUT2D eigenvalue weighted by atomic mass is 10.1. The number of methoxy groups -OCH3 is 1. The summed E-state index contributed by atoms with van der Waals surface area (Å²) in [5.41, 5.74) is 1.17. The summed E-state index contributed by atoms with van der Waals surface area (Å²) in [5.74, 6) is 4.14. The maximum absolute atomic E-state index is 5.30. The van der Waals surface area contributed by atoms with Crippen LogP contribution in [0.2, 0.25) is 0 Å². The molecular formula is C17H26N4O. The van der Waals surface area contributed by atoms with Crippen molar-refractivity contribution in [3.8, 4) is 18.1 Å². The third-order valence-corrected chi connectivity index (χ3v) is 3.23. The normalized spacial score (nSPS) is 12.6. The van der Waals surface area contributed by atoms with Crippen LogP contribution in [0.4, 0.5) is 0 Å². The fraction of sp³-hybridized carbons (Fsp3) is 0.471. The number of nitrogens with one attached hydrogen (secondary N) is 2. The molecule has 5 nitrogen and oxygen atoms in total. The molecule has 0 bridgehead atoms. The van der Waals surface area contributed by atoms with Crippen molar-refractivity contribution in [3.05, 3.63) is 29.8 Å². The molecular weight excluding hydrogens is 276 g/mol. The molecule has 0 heterocycles. The van der Waals surface area contributed by atoms with Crippen molar-refractivity contribution < 1.29 is 4.74 Å². The SMILES string of the molecule is C#CCNC(=NCC(c1cccc(OC)c1)N(C)C)NCC. The van der Waals surface area contributed by atoms with Crippen LogP contribution in [0.1, 0.15) is 18.5 Å². The Kier molecular flexibility index (Phi) is 7.87. The molecule has 0 fully saturated rings. The third kappa shape index (κ3) is 5.66. The maximum atomic E-state index is 5.30. The van der Waals surface area contributed by atoms with Gasteiger partial charge < -0.3 is 20.3 Å². The second-order valence-corrected chi connectivity index (χ2v) is 5.03. The number of benzene rings is 1. The van der Waals surface area contributed by atoms with E-state index in [1.165, 1.54) is 5.56 Å². The fourth-order valence-electron chi connectivity index (χ4n) is 2.07. The van der Waals surface area contributed by atoms with Gasteiger partial charge in [0.15, 0.2) is 5.96 Å². The van der Waals surface area contributed by atoms with Gasteiger partial charge in [0, 0.05) is 6.54 Å². The molecule has 120 valence electrons. The standard InChI is InChI=1S/C17H26N4O/c1-6-11-19-17(18-7-2)20-13-16(21(3)4)14-9-8-10-15(12-14)22-5/h1,8-10,12,16H,7,11,13H2,2-5H3,(H2,18,19,20). The van der Waals surface area contributed by atoms with E-state index in [2.05, 4.69) is 32.5 Å². The average Bonchev–Trinajstić information content (AvgIpc) is 2.52. The van der Waals surface area contributed by atoms with Crippen molar-refractivity contribution in [2.75, 3.05) is 40.8 Å². The lowest BCUT2D eigenvalue weighted by Crippen LogP contribution is -2.38. The van der Waals surface area contributed by atoms with E-state index in [4.69, 9.17) is 11.2 Å². The monoisotopic (exact) mass is 302 g/mol. The van der Waals surface area contributed by atoms with Crippen molar-refractivity contribution in [2.24, 2.45) is 4.99 Å². The first kappa shape index (κ1) is 17.9. The second kappa shape index (κ2) is 9.69. The van der Waals surface area contributed by atoms with Crippen molar-refractivity contribution in [1.29, 1.82) is 0 Å². The summed E-state index contributed by atoms with van der Waals surface area (Å²) in [6, 6.07) is 8.23. The van der Waals surface area contributed by atoms with E-state index in [0.29, 0.717) is 13.1 Å². The summed E-state index contributed by atoms with van der Waals surface area (Å²) in [7, 11) is 5.76. The van der Waals surface area contributed by atoms with Gasteiger partial charge in [-0.3, -0.25) is 4.99 Å². The van der Waals surface area contributed by atoms with Gasteiger partial charge in [-0.25, -0.2) is 0 Å². The molecule has 0 aliphatic carbocycles. The molecule has 1 aromatic carbocycles. The predicted octanol–water partition coefficient (Wildman–Crippen LogP) is 1.49. The minimum absolute atomic E-state index is 0.163. The van der Waals surface area contributed by atoms with Gasteiger partial charge in [-0.1, -0.05) is 18.1 Å². The molecule has 5 heteroatoms. The molecule has 1 aromatic rings. The van der Waals surface area contributed by atoms with Crippen molar-refractivity contribution in [3.63, 3.8) is 0 Å². The summed E-state index contributed by atoms with van der Waals surface area (Å²) in [5, 5.41) is 6.28. The first-order valence-electron chi connectivity index (χ1n) is 7.38. The average molecular weight is 302 g/mol. The number of likely N-dealkylation sites (N-methyl/N-ethyl adjacent to an activating group) is 1. The number of aliphatic imine (C=N–C) groups is 1. The van der Waals surface area contributed by atoms with Crippen molar-refractivity contribution >= 4 is 5.96 Å². The highest BCUT2D eigenvalue weighted by molar-refractivity contribution is 5.80. The summed E-state index contributed by atoms with van der Waals surface area (Å²) in [6.45, 7) is 3.90. The minimum Gasteiger partial charge on any atom is -0.497 e. The van der Waals surface area contributed by atoms with Crippen LogP contribution in [0.5, 0.6) is 5.75 Å². The largest absolute Gasteiger partial charge is 0.497 e. The van der Waals surface area contributed by atoms with Gasteiger partial charge in [0.05, 0.1) is 26.2 Å². The highest BCUT2D eigenvalue weighted by Crippen LogP contribution is 2.22. The smallest absolute Gasteiger partial charge is 0.192 e. The first-order valence-corrected chi connectivity index (χ1v) is 7.38. The van der Waals surface area contributed by atoms with Gasteiger partial charge in [0.25, 0.3) is 0 Å². The number of terminal acetylenes is 1. The van der Waals surface area contributed by atoms with Crippen LogP contribution in [0.3, 0.4) is 0 Å². The molecule has 22 heavy (non-hydrogen) atoms. The summed E-state index contributed by atoms with van der Waals surface area (Å²) < 4.78 is 5.30. The Labute approximate surface area is 133 Å². The highest BCUT2D eigenvalue weighted by Gasteiger charge is 2.14. The van der Waals surface area contributed by atoms with E-state index in [1.807, 2.05) is 39.2 Å². The number of hydrogen-bond donors (Lipinski definition) is 2. The molecule has 1 unspecified atom stereocenters. The van der Waals surface area contributed by atoms with Crippen LogP contribution in [0, 0.1) is 12.3 Å². The quantitative estimate of drug-likeness (QED) is 0.455. The van der Waals surface area contributed by atoms with Crippen LogP contribution < -0.4 is 15.4 Å². The summed E-state index contributed by atoms with van der Waals surface area (Å²) in [6.07, 6.45) is 5.28. The van der Waals surface area contributed by atoms with E-state index in [-0.39, 0.29) is 6.04 Å². The zero-order valence-corrected chi connectivity index (χ0v) is 13.9. The lowest BCUT2D eigenvalue weighted by molar-refractivity contribution is 0.305. The second-order valence-electron chi connectivity index (χ2n) is 5.03. The van der Waals surface area contributed by atoms with Crippen LogP contribution >= 0.6 is 0 Å². The number of hydrogen-bond acceptors (Lipinski definition) is 3. The molecule has 0 aromatic heterocycles. The van der Waals surface area contributed by atoms with Crippen LogP contribution in [-0.2, 0) is 0 Å². The Morgan fingerprint density at radius 3 is 2.77 bits per heavy atom. The van der Waals surface area contributed by atoms with Gasteiger partial charge in [-0.15, -0.1) is 6.42 Å². The molecule has 0 aliphatic heterocycles. The molecule has 0 aliphatic rings. The number of guanidine groups is 1. The van der Waals surface area contributed by atoms with Gasteiger partial charge in [-0.2, -0.15) is 0 Å². The van der Waals surface area contributed by atoms with E-state index in [1.54, 1.807) is 7.11 Å². The van der Waals surface area contributed by atoms with Gasteiger partial charge in [-0.05, 0) is 38.7 Å². The maximum Gasteiger partial charge on any atom is 0.192 e. The van der Waals surface area contributed by atoms with Gasteiger partial charge in [0.1, 0.15) is 5.75 Å². The third-order valence-electron chi connectivity index (χ3n) is 3.23. The summed E-state index contributed by atoms with van der Waals surface area (Å²) in [4.78, 5) is 6.76. The number of nitrogens with zero attached hydrogens (tertiary/aromatic N) is 2. The Morgan fingerprint density at radius 1 is 1.41 bits per heavy atom. The molecule has 1 atom stereocenters. The van der Waals surface area contributed by atoms with Crippen LogP contribution in [0.25, 0.3) is 0 Å². The van der Waals surface area contributed by atoms with Crippen LogP contribution in [0.15, 0.2) is 29.3 Å². The molecule has 2 N–H and O–H groups in total. The summed E-state index contributed by atoms with van der Waals surface area (Å²) >= 11 is 0. The zero-order chi connectivity index (χ0) is 16.4. The van der Waals surface area contributed by atoms with E-state index >= 15 is 0 Å². The van der Waals surface area contributed by atoms with E-state index < -0.39 is 0 Å². The van der Waals surface area contributed by atoms with E-state index in [9.17, 15) is 0 Å². The Morgan fingerprint density at radius 2 is 2.18 bits per heavy atom. The highest BCUT2D eigenvalue weighted by atomic mass is 16.5. The first-order chi connectivity index (χ1) is 10.6. The van der Waals surface area contributed by atoms with Crippen molar-refractivity contribution in [2.45, 2.75) is 13.0 Å². The molecule has 0 amide bonds. The molecule has 0 spiro atoms. The minimum atomic E-state index is 0.163. The lowest BCUT2D eigenvalue weighted by Gasteiger charge is -2.24. The topological polar surface area (TPSA) is 48.9 Å². The predicted molar refractivity (Wildman–Crippen MR) is 92.2 cm³/mol. The Hall–Kier alpha value is -2.19. The van der Waals surface area contributed by atoms with E-state index in [0.717, 1.165) is 18.3 Å². The number of ether oxygens (including phenoxy) is 1. The number of rotatable bonds is 7. The zero-order valence-electron chi connectivity index (χ0n) is 13.9.